The first-order valence-corrected chi connectivity index (χ1v) is 7.87. The van der Waals surface area contributed by atoms with Gasteiger partial charge in [-0.3, -0.25) is 4.98 Å². The zero-order valence-corrected chi connectivity index (χ0v) is 14.9. The zero-order valence-electron chi connectivity index (χ0n) is 14.2. The van der Waals surface area contributed by atoms with Crippen molar-refractivity contribution in [2.24, 2.45) is 0 Å². The Morgan fingerprint density at radius 2 is 1.32 bits per heavy atom. The van der Waals surface area contributed by atoms with Crippen LogP contribution in [0.4, 0.5) is 0 Å². The summed E-state index contributed by atoms with van der Waals surface area (Å²) < 4.78 is 0. The number of nitrogens with zero attached hydrogens (tertiary/aromatic N) is 1. The maximum absolute atomic E-state index is 10.7. The molecule has 1 aromatic heterocycles. The van der Waals surface area contributed by atoms with E-state index >= 15 is 0 Å². The average Bonchev–Trinajstić information content (AvgIpc) is 2.36. The minimum Gasteiger partial charge on any atom is -0.507 e. The smallest absolute Gasteiger partial charge is 0.123 e. The van der Waals surface area contributed by atoms with Crippen LogP contribution in [0, 0.1) is 0 Å². The van der Waals surface area contributed by atoms with Gasteiger partial charge in [0, 0.05) is 29.1 Å². The lowest BCUT2D eigenvalue weighted by Crippen LogP contribution is -2.17. The van der Waals surface area contributed by atoms with Crippen molar-refractivity contribution in [2.75, 3.05) is 0 Å². The molecule has 0 aliphatic rings. The zero-order chi connectivity index (χ0) is 16.7. The number of aromatic hydroxyl groups is 1. The van der Waals surface area contributed by atoms with Gasteiger partial charge in [0.05, 0.1) is 5.02 Å². The summed E-state index contributed by atoms with van der Waals surface area (Å²) in [5.41, 5.74) is 3.58. The molecule has 0 aliphatic heterocycles. The maximum atomic E-state index is 10.7. The van der Waals surface area contributed by atoms with Crippen LogP contribution < -0.4 is 0 Å². The van der Waals surface area contributed by atoms with Crippen molar-refractivity contribution in [1.29, 1.82) is 0 Å². The molecule has 2 rings (SSSR count). The highest BCUT2D eigenvalue weighted by molar-refractivity contribution is 6.30. The van der Waals surface area contributed by atoms with Crippen molar-refractivity contribution in [1.82, 2.24) is 4.98 Å². The van der Waals surface area contributed by atoms with Gasteiger partial charge in [-0.2, -0.15) is 0 Å². The molecular weight excluding hydrogens is 294 g/mol. The minimum absolute atomic E-state index is 0.147. The molecule has 0 unspecified atom stereocenters. The predicted octanol–water partition coefficient (Wildman–Crippen LogP) is 5.70. The average molecular weight is 318 g/mol. The van der Waals surface area contributed by atoms with E-state index in [0.29, 0.717) is 10.8 Å². The van der Waals surface area contributed by atoms with Crippen LogP contribution in [0.1, 0.15) is 52.7 Å². The largest absolute Gasteiger partial charge is 0.507 e. The van der Waals surface area contributed by atoms with Crippen molar-refractivity contribution in [3.63, 3.8) is 0 Å². The fourth-order valence-corrected chi connectivity index (χ4v) is 2.69. The van der Waals surface area contributed by atoms with Crippen LogP contribution in [-0.4, -0.2) is 10.1 Å². The number of hydrogen-bond donors (Lipinski definition) is 1. The number of phenolic OH excluding ortho intramolecular Hbond substituents is 1. The molecule has 2 nitrogen and oxygen atoms in total. The normalized spacial score (nSPS) is 12.5. The van der Waals surface area contributed by atoms with E-state index in [2.05, 4.69) is 46.5 Å². The molecule has 1 N–H and O–H groups in total. The molecule has 0 radical (unpaired) electrons. The standard InChI is InChI=1S/C19H24ClNO/c1-18(2,3)15-8-12(13-7-14(20)11-21-10-13)9-16(17(15)22)19(4,5)6/h7-11,22H,1-6H3. The molecule has 3 heteroatoms. The summed E-state index contributed by atoms with van der Waals surface area (Å²) in [5, 5.41) is 11.4. The minimum atomic E-state index is -0.147. The second-order valence-corrected chi connectivity index (χ2v) is 8.25. The van der Waals surface area contributed by atoms with Crippen LogP contribution in [0.2, 0.25) is 5.02 Å². The molecule has 0 amide bonds. The molecule has 0 saturated carbocycles. The number of phenols is 1. The van der Waals surface area contributed by atoms with Gasteiger partial charge in [-0.25, -0.2) is 0 Å². The molecule has 0 aliphatic carbocycles. The first kappa shape index (κ1) is 16.8. The van der Waals surface area contributed by atoms with E-state index in [4.69, 9.17) is 11.6 Å². The summed E-state index contributed by atoms with van der Waals surface area (Å²) in [5.74, 6) is 0.388. The lowest BCUT2D eigenvalue weighted by atomic mass is 9.78. The van der Waals surface area contributed by atoms with Crippen LogP contribution in [0.25, 0.3) is 11.1 Å². The molecule has 0 fully saturated rings. The van der Waals surface area contributed by atoms with Gasteiger partial charge in [-0.05, 0) is 34.6 Å². The highest BCUT2D eigenvalue weighted by atomic mass is 35.5. The van der Waals surface area contributed by atoms with E-state index in [1.54, 1.807) is 12.4 Å². The van der Waals surface area contributed by atoms with Crippen molar-refractivity contribution >= 4 is 11.6 Å². The van der Waals surface area contributed by atoms with E-state index in [-0.39, 0.29) is 10.8 Å². The van der Waals surface area contributed by atoms with Gasteiger partial charge in [0.15, 0.2) is 0 Å². The van der Waals surface area contributed by atoms with E-state index in [0.717, 1.165) is 22.3 Å². The van der Waals surface area contributed by atoms with Gasteiger partial charge in [0.2, 0.25) is 0 Å². The van der Waals surface area contributed by atoms with Gasteiger partial charge in [-0.1, -0.05) is 53.1 Å². The Balaban J connectivity index is 2.76. The number of pyridine rings is 1. The van der Waals surface area contributed by atoms with Crippen LogP contribution >= 0.6 is 11.6 Å². The van der Waals surface area contributed by atoms with E-state index in [1.165, 1.54) is 0 Å². The van der Waals surface area contributed by atoms with Crippen molar-refractivity contribution in [2.45, 2.75) is 52.4 Å². The van der Waals surface area contributed by atoms with E-state index in [9.17, 15) is 5.11 Å². The fourth-order valence-electron chi connectivity index (χ4n) is 2.51. The molecule has 2 aromatic rings. The van der Waals surface area contributed by atoms with E-state index in [1.807, 2.05) is 18.2 Å². The van der Waals surface area contributed by atoms with Gasteiger partial charge in [-0.15, -0.1) is 0 Å². The van der Waals surface area contributed by atoms with Crippen LogP contribution in [0.3, 0.4) is 0 Å². The first-order valence-electron chi connectivity index (χ1n) is 7.49. The Morgan fingerprint density at radius 1 is 0.818 bits per heavy atom. The Morgan fingerprint density at radius 3 is 1.73 bits per heavy atom. The van der Waals surface area contributed by atoms with E-state index < -0.39 is 0 Å². The third-order valence-corrected chi connectivity index (χ3v) is 3.97. The lowest BCUT2D eigenvalue weighted by Gasteiger charge is -2.28. The highest BCUT2D eigenvalue weighted by Gasteiger charge is 2.26. The first-order chi connectivity index (χ1) is 10.00. The topological polar surface area (TPSA) is 33.1 Å². The quantitative estimate of drug-likeness (QED) is 0.731. The van der Waals surface area contributed by atoms with Gasteiger partial charge in [0.25, 0.3) is 0 Å². The van der Waals surface area contributed by atoms with Crippen LogP contribution in [0.5, 0.6) is 5.75 Å². The molecule has 1 aromatic carbocycles. The third kappa shape index (κ3) is 3.44. The Hall–Kier alpha value is -1.54. The van der Waals surface area contributed by atoms with Gasteiger partial charge >= 0.3 is 0 Å². The molecule has 0 atom stereocenters. The van der Waals surface area contributed by atoms with Crippen LogP contribution in [0.15, 0.2) is 30.6 Å². The summed E-state index contributed by atoms with van der Waals surface area (Å²) in [7, 11) is 0. The molecule has 0 spiro atoms. The number of benzene rings is 1. The summed E-state index contributed by atoms with van der Waals surface area (Å²) in [6.07, 6.45) is 3.43. The second kappa shape index (κ2) is 5.58. The van der Waals surface area contributed by atoms with Gasteiger partial charge in [0.1, 0.15) is 5.75 Å². The fraction of sp³-hybridized carbons (Fsp3) is 0.421. The molecular formula is C19H24ClNO. The number of hydrogen-bond acceptors (Lipinski definition) is 2. The summed E-state index contributed by atoms with van der Waals surface area (Å²) in [6.45, 7) is 12.6. The molecule has 0 bridgehead atoms. The van der Waals surface area contributed by atoms with Crippen molar-refractivity contribution < 1.29 is 5.11 Å². The molecule has 22 heavy (non-hydrogen) atoms. The SMILES string of the molecule is CC(C)(C)c1cc(-c2cncc(Cl)c2)cc(C(C)(C)C)c1O. The predicted molar refractivity (Wildman–Crippen MR) is 93.7 cm³/mol. The number of rotatable bonds is 1. The third-order valence-electron chi connectivity index (χ3n) is 3.76. The molecule has 1 heterocycles. The van der Waals surface area contributed by atoms with Crippen LogP contribution in [-0.2, 0) is 10.8 Å². The highest BCUT2D eigenvalue weighted by Crippen LogP contribution is 2.42. The molecule has 118 valence electrons. The van der Waals surface area contributed by atoms with Crippen molar-refractivity contribution in [3.8, 4) is 16.9 Å². The maximum Gasteiger partial charge on any atom is 0.123 e. The lowest BCUT2D eigenvalue weighted by molar-refractivity contribution is 0.423. The Kier molecular flexibility index (Phi) is 4.27. The number of aromatic nitrogens is 1. The Bertz CT molecular complexity index is 658. The molecule has 0 saturated heterocycles. The van der Waals surface area contributed by atoms with Gasteiger partial charge < -0.3 is 5.11 Å². The summed E-state index contributed by atoms with van der Waals surface area (Å²) in [4.78, 5) is 4.17. The number of halogens is 1. The monoisotopic (exact) mass is 317 g/mol. The Labute approximate surface area is 138 Å². The second-order valence-electron chi connectivity index (χ2n) is 7.81. The summed E-state index contributed by atoms with van der Waals surface area (Å²) in [6, 6.07) is 5.98. The summed E-state index contributed by atoms with van der Waals surface area (Å²) >= 11 is 6.07. The van der Waals surface area contributed by atoms with Crippen molar-refractivity contribution in [3.05, 3.63) is 46.7 Å².